The molecule has 0 radical (unpaired) electrons. The Bertz CT molecular complexity index is 232. The minimum atomic E-state index is -0.352. The molecule has 1 saturated heterocycles. The first-order valence-corrected chi connectivity index (χ1v) is 5.14. The predicted molar refractivity (Wildman–Crippen MR) is 52.5 cm³/mol. The minimum Gasteiger partial charge on any atom is -0.453 e. The monoisotopic (exact) mass is 219 g/mol. The van der Waals surface area contributed by atoms with Gasteiger partial charge in [-0.2, -0.15) is 0 Å². The molecule has 1 atom stereocenters. The highest BCUT2D eigenvalue weighted by molar-refractivity contribution is 6.27. The van der Waals surface area contributed by atoms with E-state index < -0.39 is 0 Å². The van der Waals surface area contributed by atoms with Crippen molar-refractivity contribution >= 4 is 23.5 Å². The number of alkyl halides is 1. The van der Waals surface area contributed by atoms with E-state index in [0.29, 0.717) is 13.0 Å². The Morgan fingerprint density at radius 1 is 1.57 bits per heavy atom. The third kappa shape index (κ3) is 2.61. The summed E-state index contributed by atoms with van der Waals surface area (Å²) < 4.78 is 4.62. The summed E-state index contributed by atoms with van der Waals surface area (Å²) in [6.07, 6.45) is 1.78. The zero-order valence-corrected chi connectivity index (χ0v) is 8.92. The van der Waals surface area contributed by atoms with Gasteiger partial charge in [0.05, 0.1) is 13.0 Å². The number of methoxy groups -OCH3 is 1. The molecule has 0 aliphatic carbocycles. The lowest BCUT2D eigenvalue weighted by molar-refractivity contribution is -0.117. The van der Waals surface area contributed by atoms with Crippen molar-refractivity contribution in [2.24, 2.45) is 0 Å². The van der Waals surface area contributed by atoms with Gasteiger partial charge in [0, 0.05) is 19.0 Å². The van der Waals surface area contributed by atoms with Crippen molar-refractivity contribution in [1.29, 1.82) is 0 Å². The maximum atomic E-state index is 11.3. The van der Waals surface area contributed by atoms with E-state index in [2.05, 4.69) is 4.74 Å². The fourth-order valence-electron chi connectivity index (χ4n) is 1.72. The van der Waals surface area contributed by atoms with Crippen molar-refractivity contribution in [3.05, 3.63) is 0 Å². The molecule has 80 valence electrons. The lowest BCUT2D eigenvalue weighted by atomic mass is 10.1. The predicted octanol–water partition coefficient (Wildman–Crippen LogP) is 1.42. The summed E-state index contributed by atoms with van der Waals surface area (Å²) in [5.41, 5.74) is 0. The number of halogens is 1. The van der Waals surface area contributed by atoms with Gasteiger partial charge in [-0.3, -0.25) is 4.79 Å². The van der Waals surface area contributed by atoms with E-state index >= 15 is 0 Å². The summed E-state index contributed by atoms with van der Waals surface area (Å²) in [5, 5.41) is 0. The molecule has 5 heteroatoms. The van der Waals surface area contributed by atoms with Crippen molar-refractivity contribution in [2.75, 3.05) is 19.5 Å². The highest BCUT2D eigenvalue weighted by Gasteiger charge is 2.30. The van der Waals surface area contributed by atoms with Gasteiger partial charge < -0.3 is 9.64 Å². The number of likely N-dealkylation sites (tertiary alicyclic amines) is 1. The van der Waals surface area contributed by atoms with Crippen LogP contribution in [0.2, 0.25) is 0 Å². The molecule has 0 spiro atoms. The molecule has 1 amide bonds. The van der Waals surface area contributed by atoms with Crippen LogP contribution in [-0.2, 0) is 9.53 Å². The maximum Gasteiger partial charge on any atom is 0.409 e. The van der Waals surface area contributed by atoms with Gasteiger partial charge in [0.25, 0.3) is 0 Å². The number of ketones is 1. The molecule has 0 aromatic heterocycles. The highest BCUT2D eigenvalue weighted by atomic mass is 35.5. The molecule has 1 unspecified atom stereocenters. The van der Waals surface area contributed by atoms with Crippen LogP contribution in [-0.4, -0.2) is 42.4 Å². The zero-order chi connectivity index (χ0) is 10.6. The van der Waals surface area contributed by atoms with E-state index in [1.165, 1.54) is 7.11 Å². The number of amides is 1. The van der Waals surface area contributed by atoms with E-state index in [4.69, 9.17) is 11.6 Å². The third-order valence-corrected chi connectivity index (χ3v) is 2.70. The van der Waals surface area contributed by atoms with Crippen molar-refractivity contribution in [3.63, 3.8) is 0 Å². The van der Waals surface area contributed by atoms with Gasteiger partial charge >= 0.3 is 6.09 Å². The van der Waals surface area contributed by atoms with E-state index in [0.717, 1.165) is 12.8 Å². The normalized spacial score (nSPS) is 21.0. The summed E-state index contributed by atoms with van der Waals surface area (Å²) in [7, 11) is 1.35. The van der Waals surface area contributed by atoms with Crippen LogP contribution < -0.4 is 0 Å². The van der Waals surface area contributed by atoms with E-state index in [1.54, 1.807) is 4.90 Å². The van der Waals surface area contributed by atoms with E-state index in [9.17, 15) is 9.59 Å². The fraction of sp³-hybridized carbons (Fsp3) is 0.778. The zero-order valence-electron chi connectivity index (χ0n) is 8.16. The van der Waals surface area contributed by atoms with Crippen LogP contribution in [0.5, 0.6) is 0 Å². The summed E-state index contributed by atoms with van der Waals surface area (Å²) in [5.74, 6) is -0.00150. The largest absolute Gasteiger partial charge is 0.453 e. The molecule has 1 aliphatic rings. The second kappa shape index (κ2) is 5.20. The van der Waals surface area contributed by atoms with Gasteiger partial charge in [0.15, 0.2) is 0 Å². The molecule has 14 heavy (non-hydrogen) atoms. The second-order valence-corrected chi connectivity index (χ2v) is 3.60. The lowest BCUT2D eigenvalue weighted by Crippen LogP contribution is -2.36. The molecule has 0 saturated carbocycles. The van der Waals surface area contributed by atoms with Crippen LogP contribution in [0.4, 0.5) is 4.79 Å². The molecule has 0 N–H and O–H groups in total. The SMILES string of the molecule is COC(=O)N1CCCC1CC(=O)CCl. The van der Waals surface area contributed by atoms with Gasteiger partial charge in [0.1, 0.15) is 5.78 Å². The topological polar surface area (TPSA) is 46.6 Å². The Kier molecular flexibility index (Phi) is 4.20. The number of Topliss-reactive ketones (excluding diaryl/α,β-unsaturated/α-hetero) is 1. The first-order chi connectivity index (χ1) is 6.69. The van der Waals surface area contributed by atoms with Crippen molar-refractivity contribution in [2.45, 2.75) is 25.3 Å². The molecule has 0 aromatic carbocycles. The van der Waals surface area contributed by atoms with Crippen LogP contribution in [0.15, 0.2) is 0 Å². The van der Waals surface area contributed by atoms with Gasteiger partial charge in [-0.15, -0.1) is 11.6 Å². The van der Waals surface area contributed by atoms with Crippen molar-refractivity contribution in [1.82, 2.24) is 4.90 Å². The summed E-state index contributed by atoms with van der Waals surface area (Å²) in [4.78, 5) is 24.0. The number of hydrogen-bond acceptors (Lipinski definition) is 3. The van der Waals surface area contributed by atoms with Gasteiger partial charge in [-0.1, -0.05) is 0 Å². The molecule has 1 rings (SSSR count). The minimum absolute atomic E-state index is 0.0194. The Balaban J connectivity index is 2.51. The summed E-state index contributed by atoms with van der Waals surface area (Å²) in [6.45, 7) is 0.674. The highest BCUT2D eigenvalue weighted by Crippen LogP contribution is 2.21. The molecule has 1 aliphatic heterocycles. The molecule has 1 fully saturated rings. The quantitative estimate of drug-likeness (QED) is 0.675. The average Bonchev–Trinajstić information content (AvgIpc) is 2.64. The third-order valence-electron chi connectivity index (χ3n) is 2.40. The van der Waals surface area contributed by atoms with Crippen LogP contribution in [0, 0.1) is 0 Å². The number of carbonyl (C=O) groups is 2. The van der Waals surface area contributed by atoms with E-state index in [-0.39, 0.29) is 23.8 Å². The first-order valence-electron chi connectivity index (χ1n) is 4.61. The molecule has 0 bridgehead atoms. The molecule has 4 nitrogen and oxygen atoms in total. The molecular formula is C9H14ClNO3. The Morgan fingerprint density at radius 2 is 2.29 bits per heavy atom. The number of hydrogen-bond donors (Lipinski definition) is 0. The fourth-order valence-corrected chi connectivity index (χ4v) is 1.83. The van der Waals surface area contributed by atoms with Crippen molar-refractivity contribution in [3.8, 4) is 0 Å². The number of rotatable bonds is 3. The molecule has 1 heterocycles. The molecular weight excluding hydrogens is 206 g/mol. The number of carbonyl (C=O) groups excluding carboxylic acids is 2. The Hall–Kier alpha value is -0.770. The maximum absolute atomic E-state index is 11.3. The number of ether oxygens (including phenoxy) is 1. The second-order valence-electron chi connectivity index (χ2n) is 3.34. The standard InChI is InChI=1S/C9H14ClNO3/c1-14-9(13)11-4-2-3-7(11)5-8(12)6-10/h7H,2-6H2,1H3. The van der Waals surface area contributed by atoms with Gasteiger partial charge in [0.2, 0.25) is 0 Å². The average molecular weight is 220 g/mol. The lowest BCUT2D eigenvalue weighted by Gasteiger charge is -2.22. The van der Waals surface area contributed by atoms with Crippen molar-refractivity contribution < 1.29 is 14.3 Å². The summed E-state index contributed by atoms with van der Waals surface area (Å²) >= 11 is 5.41. The number of nitrogens with zero attached hydrogens (tertiary/aromatic N) is 1. The smallest absolute Gasteiger partial charge is 0.409 e. The van der Waals surface area contributed by atoms with Crippen LogP contribution in [0.3, 0.4) is 0 Å². The molecule has 0 aromatic rings. The Morgan fingerprint density at radius 3 is 2.86 bits per heavy atom. The van der Waals surface area contributed by atoms with Crippen LogP contribution in [0.25, 0.3) is 0 Å². The summed E-state index contributed by atoms with van der Waals surface area (Å²) in [6, 6.07) is -0.0197. The van der Waals surface area contributed by atoms with Gasteiger partial charge in [-0.25, -0.2) is 4.79 Å². The Labute approximate surface area is 88.2 Å². The van der Waals surface area contributed by atoms with Gasteiger partial charge in [-0.05, 0) is 12.8 Å². The van der Waals surface area contributed by atoms with E-state index in [1.807, 2.05) is 0 Å². The van der Waals surface area contributed by atoms with Crippen LogP contribution in [0.1, 0.15) is 19.3 Å². The first kappa shape index (κ1) is 11.3. The van der Waals surface area contributed by atoms with Crippen LogP contribution >= 0.6 is 11.6 Å².